The predicted octanol–water partition coefficient (Wildman–Crippen LogP) is 4.99. The van der Waals surface area contributed by atoms with E-state index in [0.29, 0.717) is 12.1 Å². The van der Waals surface area contributed by atoms with E-state index in [9.17, 15) is 18.0 Å². The molecule has 0 spiro atoms. The Bertz CT molecular complexity index is 649. The van der Waals surface area contributed by atoms with E-state index in [0.717, 1.165) is 57.3 Å². The maximum atomic E-state index is 13.1. The average Bonchev–Trinajstić information content (AvgIpc) is 2.62. The van der Waals surface area contributed by atoms with Crippen LogP contribution in [-0.4, -0.2) is 19.0 Å². The summed E-state index contributed by atoms with van der Waals surface area (Å²) in [6.07, 6.45) is 4.95. The van der Waals surface area contributed by atoms with Gasteiger partial charge in [-0.05, 0) is 56.7 Å². The lowest BCUT2D eigenvalue weighted by Crippen LogP contribution is -2.31. The van der Waals surface area contributed by atoms with Crippen molar-refractivity contribution in [2.45, 2.75) is 44.7 Å². The zero-order chi connectivity index (χ0) is 17.9. The van der Waals surface area contributed by atoms with Gasteiger partial charge in [-0.3, -0.25) is 4.79 Å². The third-order valence-electron chi connectivity index (χ3n) is 4.92. The fourth-order valence-electron chi connectivity index (χ4n) is 3.49. The summed E-state index contributed by atoms with van der Waals surface area (Å²) in [5.74, 6) is -0.365. The van der Waals surface area contributed by atoms with Gasteiger partial charge in [-0.15, -0.1) is 0 Å². The lowest BCUT2D eigenvalue weighted by atomic mass is 9.93. The summed E-state index contributed by atoms with van der Waals surface area (Å²) in [6, 6.07) is 3.66. The number of alkyl halides is 3. The quantitative estimate of drug-likeness (QED) is 0.777. The van der Waals surface area contributed by atoms with Crippen molar-refractivity contribution in [3.63, 3.8) is 0 Å². The summed E-state index contributed by atoms with van der Waals surface area (Å²) in [6.45, 7) is 1.61. The van der Waals surface area contributed by atoms with Gasteiger partial charge in [0.05, 0.1) is 16.9 Å². The molecule has 1 aromatic carbocycles. The van der Waals surface area contributed by atoms with Gasteiger partial charge < -0.3 is 10.2 Å². The highest BCUT2D eigenvalue weighted by atomic mass is 19.4. The maximum Gasteiger partial charge on any atom is 0.416 e. The number of piperidine rings is 1. The monoisotopic (exact) mass is 352 g/mol. The van der Waals surface area contributed by atoms with Crippen LogP contribution in [0.4, 0.5) is 24.5 Å². The van der Waals surface area contributed by atoms with E-state index in [-0.39, 0.29) is 17.5 Å². The van der Waals surface area contributed by atoms with E-state index in [4.69, 9.17) is 0 Å². The van der Waals surface area contributed by atoms with Gasteiger partial charge in [-0.2, -0.15) is 13.2 Å². The van der Waals surface area contributed by atoms with E-state index >= 15 is 0 Å². The molecule has 1 fully saturated rings. The number of hydrogen-bond acceptors (Lipinski definition) is 2. The predicted molar refractivity (Wildman–Crippen MR) is 92.6 cm³/mol. The minimum absolute atomic E-state index is 0.172. The Morgan fingerprint density at radius 2 is 1.88 bits per heavy atom. The van der Waals surface area contributed by atoms with Crippen LogP contribution in [0.3, 0.4) is 0 Å². The summed E-state index contributed by atoms with van der Waals surface area (Å²) < 4.78 is 39.3. The van der Waals surface area contributed by atoms with Gasteiger partial charge in [0, 0.05) is 19.0 Å². The molecule has 1 saturated heterocycles. The van der Waals surface area contributed by atoms with Crippen molar-refractivity contribution >= 4 is 17.3 Å². The second-order valence-corrected chi connectivity index (χ2v) is 6.75. The summed E-state index contributed by atoms with van der Waals surface area (Å²) in [7, 11) is 0. The third kappa shape index (κ3) is 4.35. The van der Waals surface area contributed by atoms with Crippen molar-refractivity contribution < 1.29 is 18.0 Å². The molecule has 6 heteroatoms. The minimum atomic E-state index is -4.42. The van der Waals surface area contributed by atoms with Gasteiger partial charge in [-0.1, -0.05) is 12.2 Å². The van der Waals surface area contributed by atoms with Crippen LogP contribution in [0.1, 0.15) is 44.1 Å². The zero-order valence-electron chi connectivity index (χ0n) is 14.1. The fourth-order valence-corrected chi connectivity index (χ4v) is 3.49. The lowest BCUT2D eigenvalue weighted by Gasteiger charge is -2.31. The third-order valence-corrected chi connectivity index (χ3v) is 4.92. The van der Waals surface area contributed by atoms with E-state index in [2.05, 4.69) is 10.2 Å². The number of nitrogens with zero attached hydrogens (tertiary/aromatic N) is 1. The van der Waals surface area contributed by atoms with Gasteiger partial charge in [-0.25, -0.2) is 0 Å². The standard InChI is InChI=1S/C19H23F3N2O/c20-19(21,22)15-9-10-17(24-11-5-2-6-12-24)16(13-15)23-18(25)14-7-3-1-4-8-14/h1,3,9-10,13-14H,2,4-8,11-12H2,(H,23,25). The molecule has 0 bridgehead atoms. The Morgan fingerprint density at radius 3 is 2.52 bits per heavy atom. The second kappa shape index (κ2) is 7.50. The number of halogens is 3. The summed E-state index contributed by atoms with van der Waals surface area (Å²) in [4.78, 5) is 14.6. The van der Waals surface area contributed by atoms with Crippen LogP contribution < -0.4 is 10.2 Å². The second-order valence-electron chi connectivity index (χ2n) is 6.75. The van der Waals surface area contributed by atoms with Crippen molar-refractivity contribution in [2.75, 3.05) is 23.3 Å². The van der Waals surface area contributed by atoms with E-state index in [1.807, 2.05) is 12.2 Å². The van der Waals surface area contributed by atoms with Crippen LogP contribution in [0.2, 0.25) is 0 Å². The first-order chi connectivity index (χ1) is 11.9. The van der Waals surface area contributed by atoms with Crippen molar-refractivity contribution in [1.29, 1.82) is 0 Å². The summed E-state index contributed by atoms with van der Waals surface area (Å²) >= 11 is 0. The van der Waals surface area contributed by atoms with Gasteiger partial charge in [0.2, 0.25) is 5.91 Å². The molecule has 136 valence electrons. The average molecular weight is 352 g/mol. The van der Waals surface area contributed by atoms with E-state index in [1.54, 1.807) is 0 Å². The van der Waals surface area contributed by atoms with E-state index < -0.39 is 11.7 Å². The molecule has 1 atom stereocenters. The molecule has 1 aliphatic carbocycles. The highest BCUT2D eigenvalue weighted by Crippen LogP contribution is 2.36. The number of allylic oxidation sites excluding steroid dienone is 2. The molecule has 1 aliphatic heterocycles. The Labute approximate surface area is 145 Å². The van der Waals surface area contributed by atoms with Crippen molar-refractivity contribution in [3.05, 3.63) is 35.9 Å². The van der Waals surface area contributed by atoms with Crippen LogP contribution in [0.15, 0.2) is 30.4 Å². The Balaban J connectivity index is 1.87. The van der Waals surface area contributed by atoms with Crippen molar-refractivity contribution in [3.8, 4) is 0 Å². The lowest BCUT2D eigenvalue weighted by molar-refractivity contribution is -0.137. The number of benzene rings is 1. The molecule has 0 saturated carbocycles. The van der Waals surface area contributed by atoms with Gasteiger partial charge >= 0.3 is 6.18 Å². The van der Waals surface area contributed by atoms with Gasteiger partial charge in [0.15, 0.2) is 0 Å². The number of carbonyl (C=O) groups is 1. The van der Waals surface area contributed by atoms with Crippen molar-refractivity contribution in [1.82, 2.24) is 0 Å². The van der Waals surface area contributed by atoms with Crippen LogP contribution in [0.5, 0.6) is 0 Å². The first-order valence-corrected chi connectivity index (χ1v) is 8.87. The van der Waals surface area contributed by atoms with Crippen LogP contribution >= 0.6 is 0 Å². The van der Waals surface area contributed by atoms with Gasteiger partial charge in [0.1, 0.15) is 0 Å². The molecular formula is C19H23F3N2O. The number of carbonyl (C=O) groups excluding carboxylic acids is 1. The zero-order valence-corrected chi connectivity index (χ0v) is 14.1. The number of nitrogens with one attached hydrogen (secondary N) is 1. The number of rotatable bonds is 3. The number of amides is 1. The van der Waals surface area contributed by atoms with E-state index in [1.165, 1.54) is 6.07 Å². The SMILES string of the molecule is O=C(Nc1cc(C(F)(F)F)ccc1N1CCCCC1)C1CC=CCC1. The molecule has 3 rings (SSSR count). The summed E-state index contributed by atoms with van der Waals surface area (Å²) in [5.41, 5.74) is 0.232. The van der Waals surface area contributed by atoms with Crippen LogP contribution in [0.25, 0.3) is 0 Å². The molecule has 2 aliphatic rings. The first-order valence-electron chi connectivity index (χ1n) is 8.87. The molecule has 1 N–H and O–H groups in total. The molecule has 1 heterocycles. The highest BCUT2D eigenvalue weighted by molar-refractivity contribution is 5.96. The molecule has 1 amide bonds. The maximum absolute atomic E-state index is 13.1. The smallest absolute Gasteiger partial charge is 0.370 e. The highest BCUT2D eigenvalue weighted by Gasteiger charge is 2.32. The van der Waals surface area contributed by atoms with Crippen LogP contribution in [-0.2, 0) is 11.0 Å². The Hall–Kier alpha value is -1.98. The number of anilines is 2. The molecule has 0 radical (unpaired) electrons. The Morgan fingerprint density at radius 1 is 1.12 bits per heavy atom. The molecule has 1 unspecified atom stereocenters. The van der Waals surface area contributed by atoms with Gasteiger partial charge in [0.25, 0.3) is 0 Å². The molecular weight excluding hydrogens is 329 g/mol. The molecule has 3 nitrogen and oxygen atoms in total. The summed E-state index contributed by atoms with van der Waals surface area (Å²) in [5, 5.41) is 2.78. The van der Waals surface area contributed by atoms with Crippen LogP contribution in [0, 0.1) is 5.92 Å². The largest absolute Gasteiger partial charge is 0.416 e. The van der Waals surface area contributed by atoms with Crippen molar-refractivity contribution in [2.24, 2.45) is 5.92 Å². The molecule has 0 aromatic heterocycles. The minimum Gasteiger partial charge on any atom is -0.370 e. The Kier molecular flexibility index (Phi) is 5.35. The molecule has 25 heavy (non-hydrogen) atoms. The fraction of sp³-hybridized carbons (Fsp3) is 0.526. The topological polar surface area (TPSA) is 32.3 Å². The molecule has 1 aromatic rings. The first kappa shape index (κ1) is 17.8. The normalized spacial score (nSPS) is 21.2. The number of hydrogen-bond donors (Lipinski definition) is 1.